The van der Waals surface area contributed by atoms with Gasteiger partial charge in [0.25, 0.3) is 0 Å². The van der Waals surface area contributed by atoms with Crippen molar-refractivity contribution >= 4 is 38.6 Å². The lowest BCUT2D eigenvalue weighted by molar-refractivity contribution is 1.26. The van der Waals surface area contributed by atoms with Crippen LogP contribution in [0.1, 0.15) is 5.56 Å². The highest BCUT2D eigenvalue weighted by atomic mass is 79.9. The zero-order chi connectivity index (χ0) is 10.1. The number of H-pyrrole nitrogens is 1. The molecule has 1 heterocycles. The molecule has 0 aliphatic rings. The summed E-state index contributed by atoms with van der Waals surface area (Å²) in [6.45, 7) is 0. The van der Waals surface area contributed by atoms with Gasteiger partial charge in [0.05, 0.1) is 23.5 Å². The number of nitrogens with zero attached hydrogens (tertiary/aromatic N) is 2. The molecule has 1 aromatic carbocycles. The summed E-state index contributed by atoms with van der Waals surface area (Å²) in [5, 5.41) is 8.99. The fourth-order valence-electron chi connectivity index (χ4n) is 1.34. The zero-order valence-electron chi connectivity index (χ0n) is 7.01. The van der Waals surface area contributed by atoms with Gasteiger partial charge >= 0.3 is 0 Å². The number of aromatic amines is 1. The highest BCUT2D eigenvalue weighted by Gasteiger charge is 2.07. The molecule has 2 aromatic rings. The van der Waals surface area contributed by atoms with Crippen molar-refractivity contribution in [2.24, 2.45) is 0 Å². The number of hydrogen-bond acceptors (Lipinski definition) is 2. The molecule has 0 unspecified atom stereocenters. The Bertz CT molecular complexity index is 527. The van der Waals surface area contributed by atoms with Crippen LogP contribution in [0.3, 0.4) is 0 Å². The first-order chi connectivity index (χ1) is 6.70. The van der Waals surface area contributed by atoms with Gasteiger partial charge in [-0.15, -0.1) is 0 Å². The first-order valence-electron chi connectivity index (χ1n) is 3.91. The molecule has 0 radical (unpaired) electrons. The topological polar surface area (TPSA) is 52.5 Å². The normalized spacial score (nSPS) is 10.4. The van der Waals surface area contributed by atoms with Crippen molar-refractivity contribution in [3.8, 4) is 6.07 Å². The van der Waals surface area contributed by atoms with Crippen LogP contribution in [-0.2, 0) is 6.42 Å². The van der Waals surface area contributed by atoms with Crippen LogP contribution in [0.4, 0.5) is 0 Å². The van der Waals surface area contributed by atoms with Gasteiger partial charge in [-0.1, -0.05) is 15.9 Å². The van der Waals surface area contributed by atoms with E-state index < -0.39 is 0 Å². The molecule has 0 aliphatic carbocycles. The van der Waals surface area contributed by atoms with Gasteiger partial charge in [-0.05, 0) is 29.3 Å². The van der Waals surface area contributed by atoms with Gasteiger partial charge < -0.3 is 4.98 Å². The Morgan fingerprint density at radius 3 is 3.07 bits per heavy atom. The molecule has 0 saturated carbocycles. The van der Waals surface area contributed by atoms with Gasteiger partial charge in [-0.2, -0.15) is 5.26 Å². The third-order valence-electron chi connectivity index (χ3n) is 1.87. The number of nitriles is 1. The van der Waals surface area contributed by atoms with E-state index in [4.69, 9.17) is 16.9 Å². The Morgan fingerprint density at radius 2 is 2.36 bits per heavy atom. The molecule has 0 atom stereocenters. The van der Waals surface area contributed by atoms with Crippen molar-refractivity contribution in [3.05, 3.63) is 27.5 Å². The molecule has 0 aliphatic heterocycles. The van der Waals surface area contributed by atoms with E-state index >= 15 is 0 Å². The number of hydrogen-bond donors (Lipinski definition) is 1. The molecule has 5 heteroatoms. The molecule has 0 bridgehead atoms. The van der Waals surface area contributed by atoms with Crippen molar-refractivity contribution in [2.75, 3.05) is 0 Å². The summed E-state index contributed by atoms with van der Waals surface area (Å²) in [6, 6.07) is 5.86. The van der Waals surface area contributed by atoms with Crippen LogP contribution < -0.4 is 0 Å². The van der Waals surface area contributed by atoms with E-state index in [1.165, 1.54) is 0 Å². The summed E-state index contributed by atoms with van der Waals surface area (Å²) in [4.78, 5) is 7.02. The first kappa shape index (κ1) is 9.50. The number of rotatable bonds is 1. The Hall–Kier alpha value is -1.05. The van der Waals surface area contributed by atoms with Crippen molar-refractivity contribution in [1.82, 2.24) is 9.97 Å². The van der Waals surface area contributed by atoms with Crippen molar-refractivity contribution in [1.29, 1.82) is 5.26 Å². The summed E-state index contributed by atoms with van der Waals surface area (Å²) >= 11 is 9.10. The van der Waals surface area contributed by atoms with E-state index in [-0.39, 0.29) is 0 Å². The average Bonchev–Trinajstić information content (AvgIpc) is 2.45. The third-order valence-corrected chi connectivity index (χ3v) is 2.51. The second-order valence-electron chi connectivity index (χ2n) is 2.82. The van der Waals surface area contributed by atoms with Crippen LogP contribution in [-0.4, -0.2) is 9.97 Å². The highest BCUT2D eigenvalue weighted by Crippen LogP contribution is 2.24. The first-order valence-corrected chi connectivity index (χ1v) is 5.08. The van der Waals surface area contributed by atoms with E-state index in [0.717, 1.165) is 21.1 Å². The average molecular weight is 271 g/mol. The molecule has 14 heavy (non-hydrogen) atoms. The summed E-state index contributed by atoms with van der Waals surface area (Å²) in [7, 11) is 0. The molecule has 0 spiro atoms. The minimum atomic E-state index is 0.330. The maximum absolute atomic E-state index is 8.64. The molecule has 2 rings (SSSR count). The van der Waals surface area contributed by atoms with Crippen LogP contribution in [0, 0.1) is 11.3 Å². The third kappa shape index (κ3) is 1.61. The van der Waals surface area contributed by atoms with Crippen molar-refractivity contribution < 1.29 is 0 Å². The number of aromatic nitrogens is 2. The van der Waals surface area contributed by atoms with Gasteiger partial charge in [0, 0.05) is 4.47 Å². The number of benzene rings is 1. The van der Waals surface area contributed by atoms with E-state index in [1.807, 2.05) is 12.1 Å². The van der Waals surface area contributed by atoms with Gasteiger partial charge in [0.2, 0.25) is 5.28 Å². The summed E-state index contributed by atoms with van der Waals surface area (Å²) in [5.41, 5.74) is 2.48. The van der Waals surface area contributed by atoms with Crippen molar-refractivity contribution in [3.63, 3.8) is 0 Å². The van der Waals surface area contributed by atoms with E-state index in [0.29, 0.717) is 11.7 Å². The molecular formula is C9H5BrClN3. The van der Waals surface area contributed by atoms with Crippen molar-refractivity contribution in [2.45, 2.75) is 6.42 Å². The smallest absolute Gasteiger partial charge is 0.201 e. The predicted molar refractivity (Wildman–Crippen MR) is 58.1 cm³/mol. The lowest BCUT2D eigenvalue weighted by atomic mass is 10.1. The quantitative estimate of drug-likeness (QED) is 0.866. The van der Waals surface area contributed by atoms with E-state index in [9.17, 15) is 0 Å². The SMILES string of the molecule is N#CCc1cc(Br)cc2[nH]c(Cl)nc12. The predicted octanol–water partition coefficient (Wildman–Crippen LogP) is 3.04. The lowest BCUT2D eigenvalue weighted by Crippen LogP contribution is -1.84. The van der Waals surface area contributed by atoms with Crippen LogP contribution in [0.15, 0.2) is 16.6 Å². The molecule has 0 saturated heterocycles. The fraction of sp³-hybridized carbons (Fsp3) is 0.111. The lowest BCUT2D eigenvalue weighted by Gasteiger charge is -1.97. The second kappa shape index (κ2) is 3.60. The zero-order valence-corrected chi connectivity index (χ0v) is 9.35. The number of fused-ring (bicyclic) bond motifs is 1. The van der Waals surface area contributed by atoms with E-state index in [1.54, 1.807) is 0 Å². The molecule has 1 N–H and O–H groups in total. The van der Waals surface area contributed by atoms with Crippen LogP contribution in [0.5, 0.6) is 0 Å². The summed E-state index contributed by atoms with van der Waals surface area (Å²) < 4.78 is 0.913. The Balaban J connectivity index is 2.74. The number of nitrogens with one attached hydrogen (secondary N) is 1. The Kier molecular flexibility index (Phi) is 2.44. The number of halogens is 2. The number of imidazole rings is 1. The maximum Gasteiger partial charge on any atom is 0.201 e. The largest absolute Gasteiger partial charge is 0.329 e. The minimum Gasteiger partial charge on any atom is -0.329 e. The second-order valence-corrected chi connectivity index (χ2v) is 4.10. The molecular weight excluding hydrogens is 265 g/mol. The summed E-state index contributed by atoms with van der Waals surface area (Å²) in [5.74, 6) is 0. The van der Waals surface area contributed by atoms with Crippen LogP contribution >= 0.6 is 27.5 Å². The molecule has 0 fully saturated rings. The fourth-order valence-corrected chi connectivity index (χ4v) is 2.03. The Labute approximate surface area is 93.8 Å². The molecule has 70 valence electrons. The van der Waals surface area contributed by atoms with Gasteiger partial charge in [0.15, 0.2) is 0 Å². The van der Waals surface area contributed by atoms with Crippen LogP contribution in [0.2, 0.25) is 5.28 Å². The minimum absolute atomic E-state index is 0.330. The van der Waals surface area contributed by atoms with Gasteiger partial charge in [0.1, 0.15) is 0 Å². The Morgan fingerprint density at radius 1 is 1.57 bits per heavy atom. The molecule has 3 nitrogen and oxygen atoms in total. The molecule has 0 amide bonds. The standard InChI is InChI=1S/C9H5BrClN3/c10-6-3-5(1-2-12)8-7(4-6)13-9(11)14-8/h3-4H,1H2,(H,13,14). The highest BCUT2D eigenvalue weighted by molar-refractivity contribution is 9.10. The van der Waals surface area contributed by atoms with Crippen LogP contribution in [0.25, 0.3) is 11.0 Å². The maximum atomic E-state index is 8.64. The summed E-state index contributed by atoms with van der Waals surface area (Å²) in [6.07, 6.45) is 0.330. The van der Waals surface area contributed by atoms with Gasteiger partial charge in [-0.25, -0.2) is 4.98 Å². The van der Waals surface area contributed by atoms with Gasteiger partial charge in [-0.3, -0.25) is 0 Å². The molecule has 1 aromatic heterocycles. The van der Waals surface area contributed by atoms with E-state index in [2.05, 4.69) is 32.0 Å². The monoisotopic (exact) mass is 269 g/mol.